The predicted molar refractivity (Wildman–Crippen MR) is 64.6 cm³/mol. The molecule has 2 rings (SSSR count). The maximum absolute atomic E-state index is 11.5. The second-order valence-electron chi connectivity index (χ2n) is 3.44. The van der Waals surface area contributed by atoms with Crippen molar-refractivity contribution in [2.75, 3.05) is 6.61 Å². The van der Waals surface area contributed by atoms with Crippen molar-refractivity contribution in [3.05, 3.63) is 34.0 Å². The van der Waals surface area contributed by atoms with E-state index in [2.05, 4.69) is 15.9 Å². The van der Waals surface area contributed by atoms with Gasteiger partial charge in [0.2, 0.25) is 5.76 Å². The molecule has 84 valence electrons. The van der Waals surface area contributed by atoms with Crippen LogP contribution in [-0.4, -0.2) is 12.6 Å². The van der Waals surface area contributed by atoms with E-state index in [1.54, 1.807) is 13.0 Å². The Labute approximate surface area is 102 Å². The standard InChI is InChI=1S/C12H11BrO3/c1-3-15-12(14)10-6-8-9(16-10)5-4-7(2)11(8)13/h4-6H,3H2,1-2H3. The fraction of sp³-hybridized carbons (Fsp3) is 0.250. The molecule has 0 aliphatic rings. The molecular formula is C12H11BrO3. The quantitative estimate of drug-likeness (QED) is 0.789. The Morgan fingerprint density at radius 1 is 1.50 bits per heavy atom. The van der Waals surface area contributed by atoms with Crippen LogP contribution in [0.15, 0.2) is 27.1 Å². The highest BCUT2D eigenvalue weighted by Gasteiger charge is 2.15. The molecule has 0 fully saturated rings. The minimum absolute atomic E-state index is 0.239. The minimum atomic E-state index is -0.428. The lowest BCUT2D eigenvalue weighted by Gasteiger charge is -1.96. The Hall–Kier alpha value is -1.29. The van der Waals surface area contributed by atoms with Crippen molar-refractivity contribution in [2.45, 2.75) is 13.8 Å². The first-order valence-electron chi connectivity index (χ1n) is 4.99. The second kappa shape index (κ2) is 4.29. The van der Waals surface area contributed by atoms with E-state index in [0.29, 0.717) is 12.2 Å². The van der Waals surface area contributed by atoms with E-state index in [0.717, 1.165) is 15.4 Å². The molecule has 1 aromatic carbocycles. The van der Waals surface area contributed by atoms with Gasteiger partial charge in [0.05, 0.1) is 6.61 Å². The molecule has 0 amide bonds. The summed E-state index contributed by atoms with van der Waals surface area (Å²) in [5.74, 6) is -0.189. The normalized spacial score (nSPS) is 10.7. The van der Waals surface area contributed by atoms with Gasteiger partial charge in [-0.25, -0.2) is 4.79 Å². The van der Waals surface area contributed by atoms with Crippen LogP contribution in [0.1, 0.15) is 23.0 Å². The third kappa shape index (κ3) is 1.85. The van der Waals surface area contributed by atoms with Crippen molar-refractivity contribution >= 4 is 32.9 Å². The Bertz CT molecular complexity index is 542. The van der Waals surface area contributed by atoms with Crippen LogP contribution in [0, 0.1) is 6.92 Å². The number of esters is 1. The van der Waals surface area contributed by atoms with Crippen LogP contribution < -0.4 is 0 Å². The highest BCUT2D eigenvalue weighted by atomic mass is 79.9. The first kappa shape index (κ1) is 11.2. The van der Waals surface area contributed by atoms with E-state index in [1.165, 1.54) is 0 Å². The fourth-order valence-electron chi connectivity index (χ4n) is 1.49. The number of hydrogen-bond acceptors (Lipinski definition) is 3. The van der Waals surface area contributed by atoms with Crippen molar-refractivity contribution in [1.82, 2.24) is 0 Å². The molecule has 2 aromatic rings. The van der Waals surface area contributed by atoms with Crippen LogP contribution in [0.3, 0.4) is 0 Å². The summed E-state index contributed by atoms with van der Waals surface area (Å²) in [5.41, 5.74) is 1.78. The lowest BCUT2D eigenvalue weighted by Crippen LogP contribution is -2.02. The van der Waals surface area contributed by atoms with Gasteiger partial charge in [0.1, 0.15) is 5.58 Å². The molecule has 0 aliphatic carbocycles. The van der Waals surface area contributed by atoms with Crippen LogP contribution in [0.25, 0.3) is 11.0 Å². The number of rotatable bonds is 2. The highest BCUT2D eigenvalue weighted by Crippen LogP contribution is 2.30. The average molecular weight is 283 g/mol. The van der Waals surface area contributed by atoms with E-state index in [9.17, 15) is 4.79 Å². The molecule has 3 nitrogen and oxygen atoms in total. The van der Waals surface area contributed by atoms with Gasteiger partial charge in [-0.15, -0.1) is 0 Å². The third-order valence-electron chi connectivity index (χ3n) is 2.30. The van der Waals surface area contributed by atoms with Crippen molar-refractivity contribution in [3.8, 4) is 0 Å². The predicted octanol–water partition coefficient (Wildman–Crippen LogP) is 3.68. The molecule has 0 bridgehead atoms. The maximum Gasteiger partial charge on any atom is 0.374 e. The average Bonchev–Trinajstić information content (AvgIpc) is 2.69. The summed E-state index contributed by atoms with van der Waals surface area (Å²) in [6, 6.07) is 5.48. The van der Waals surface area contributed by atoms with E-state index >= 15 is 0 Å². The zero-order valence-electron chi connectivity index (χ0n) is 9.04. The second-order valence-corrected chi connectivity index (χ2v) is 4.23. The first-order valence-corrected chi connectivity index (χ1v) is 5.78. The van der Waals surface area contributed by atoms with Gasteiger partial charge in [-0.05, 0) is 41.4 Å². The summed E-state index contributed by atoms with van der Waals surface area (Å²) in [6.45, 7) is 4.09. The van der Waals surface area contributed by atoms with Gasteiger partial charge in [-0.2, -0.15) is 0 Å². The summed E-state index contributed by atoms with van der Waals surface area (Å²) in [7, 11) is 0. The lowest BCUT2D eigenvalue weighted by atomic mass is 10.2. The van der Waals surface area contributed by atoms with Gasteiger partial charge in [0.15, 0.2) is 0 Å². The Kier molecular flexibility index (Phi) is 3.01. The van der Waals surface area contributed by atoms with Crippen molar-refractivity contribution in [2.24, 2.45) is 0 Å². The molecule has 0 spiro atoms. The minimum Gasteiger partial charge on any atom is -0.460 e. The number of aryl methyl sites for hydroxylation is 1. The van der Waals surface area contributed by atoms with Gasteiger partial charge in [0, 0.05) is 15.9 Å². The van der Waals surface area contributed by atoms with Gasteiger partial charge in [-0.3, -0.25) is 0 Å². The number of fused-ring (bicyclic) bond motifs is 1. The SMILES string of the molecule is CCOC(=O)c1cc2c(Br)c(C)ccc2o1. The van der Waals surface area contributed by atoms with Crippen LogP contribution in [0.4, 0.5) is 0 Å². The van der Waals surface area contributed by atoms with Crippen LogP contribution in [0.5, 0.6) is 0 Å². The summed E-state index contributed by atoms with van der Waals surface area (Å²) >= 11 is 3.47. The largest absolute Gasteiger partial charge is 0.460 e. The summed E-state index contributed by atoms with van der Waals surface area (Å²) in [6.07, 6.45) is 0. The van der Waals surface area contributed by atoms with Gasteiger partial charge >= 0.3 is 5.97 Å². The zero-order chi connectivity index (χ0) is 11.7. The van der Waals surface area contributed by atoms with E-state index in [4.69, 9.17) is 9.15 Å². The smallest absolute Gasteiger partial charge is 0.374 e. The Morgan fingerprint density at radius 3 is 2.94 bits per heavy atom. The summed E-state index contributed by atoms with van der Waals surface area (Å²) in [5, 5.41) is 0.892. The highest BCUT2D eigenvalue weighted by molar-refractivity contribution is 9.10. The number of halogens is 1. The number of carbonyl (C=O) groups is 1. The number of benzene rings is 1. The molecular weight excluding hydrogens is 272 g/mol. The Balaban J connectivity index is 2.52. The van der Waals surface area contributed by atoms with Crippen molar-refractivity contribution in [3.63, 3.8) is 0 Å². The molecule has 1 heterocycles. The molecule has 1 aromatic heterocycles. The monoisotopic (exact) mass is 282 g/mol. The zero-order valence-corrected chi connectivity index (χ0v) is 10.6. The molecule has 0 aliphatic heterocycles. The summed E-state index contributed by atoms with van der Waals surface area (Å²) < 4.78 is 11.2. The summed E-state index contributed by atoms with van der Waals surface area (Å²) in [4.78, 5) is 11.5. The molecule has 0 atom stereocenters. The van der Waals surface area contributed by atoms with Gasteiger partial charge < -0.3 is 9.15 Å². The molecule has 0 radical (unpaired) electrons. The number of carbonyl (C=O) groups excluding carboxylic acids is 1. The van der Waals surface area contributed by atoms with Gasteiger partial charge in [0.25, 0.3) is 0 Å². The van der Waals surface area contributed by atoms with Crippen LogP contribution in [-0.2, 0) is 4.74 Å². The third-order valence-corrected chi connectivity index (χ3v) is 3.36. The maximum atomic E-state index is 11.5. The Morgan fingerprint density at radius 2 is 2.25 bits per heavy atom. The van der Waals surface area contributed by atoms with E-state index in [-0.39, 0.29) is 5.76 Å². The number of furan rings is 1. The van der Waals surface area contributed by atoms with Crippen molar-refractivity contribution in [1.29, 1.82) is 0 Å². The number of hydrogen-bond donors (Lipinski definition) is 0. The molecule has 0 saturated carbocycles. The van der Waals surface area contributed by atoms with E-state index < -0.39 is 5.97 Å². The van der Waals surface area contributed by atoms with E-state index in [1.807, 2.05) is 19.1 Å². The van der Waals surface area contributed by atoms with Crippen LogP contribution in [0.2, 0.25) is 0 Å². The number of ether oxygens (including phenoxy) is 1. The molecule has 4 heteroatoms. The molecule has 0 unspecified atom stereocenters. The van der Waals surface area contributed by atoms with Crippen LogP contribution >= 0.6 is 15.9 Å². The molecule has 16 heavy (non-hydrogen) atoms. The molecule has 0 N–H and O–H groups in total. The first-order chi connectivity index (χ1) is 7.63. The van der Waals surface area contributed by atoms with Crippen molar-refractivity contribution < 1.29 is 13.9 Å². The topological polar surface area (TPSA) is 39.4 Å². The lowest BCUT2D eigenvalue weighted by molar-refractivity contribution is 0.0492. The van der Waals surface area contributed by atoms with Gasteiger partial charge in [-0.1, -0.05) is 6.07 Å². The molecule has 0 saturated heterocycles. The fourth-order valence-corrected chi connectivity index (χ4v) is 1.93.